The highest BCUT2D eigenvalue weighted by Gasteiger charge is 2.37. The molecule has 2 rings (SSSR count). The van der Waals surface area contributed by atoms with Gasteiger partial charge in [-0.3, -0.25) is 4.79 Å². The maximum atomic E-state index is 12.4. The topological polar surface area (TPSA) is 69.6 Å². The molecule has 0 aromatic carbocycles. The lowest BCUT2D eigenvalue weighted by atomic mass is 10.1. The Morgan fingerprint density at radius 3 is 2.35 bits per heavy atom. The van der Waals surface area contributed by atoms with Crippen LogP contribution in [0.3, 0.4) is 0 Å². The number of carbonyl (C=O) groups excluding carboxylic acids is 1. The van der Waals surface area contributed by atoms with E-state index in [2.05, 4.69) is 19.2 Å². The van der Waals surface area contributed by atoms with Crippen molar-refractivity contribution in [2.24, 2.45) is 11.8 Å². The van der Waals surface area contributed by atoms with Crippen molar-refractivity contribution >= 4 is 12.0 Å². The molecule has 0 radical (unpaired) electrons. The second-order valence-corrected chi connectivity index (χ2v) is 6.60. The lowest BCUT2D eigenvalue weighted by Crippen LogP contribution is -2.47. The van der Waals surface area contributed by atoms with E-state index in [0.717, 1.165) is 38.6 Å². The van der Waals surface area contributed by atoms with Crippen LogP contribution < -0.4 is 5.32 Å². The van der Waals surface area contributed by atoms with Gasteiger partial charge in [-0.15, -0.1) is 0 Å². The summed E-state index contributed by atoms with van der Waals surface area (Å²) >= 11 is 0. The van der Waals surface area contributed by atoms with E-state index in [1.165, 1.54) is 0 Å². The second-order valence-electron chi connectivity index (χ2n) is 6.60. The number of carboxylic acid groups (broad SMARTS) is 1. The van der Waals surface area contributed by atoms with Gasteiger partial charge < -0.3 is 15.3 Å². The van der Waals surface area contributed by atoms with Gasteiger partial charge in [-0.25, -0.2) is 4.79 Å². The number of carbonyl (C=O) groups is 2. The molecular formula is C15H26N2O3. The number of carboxylic acids is 1. The fourth-order valence-electron chi connectivity index (χ4n) is 2.50. The summed E-state index contributed by atoms with van der Waals surface area (Å²) in [5, 5.41) is 11.9. The minimum absolute atomic E-state index is 0.0408. The average molecular weight is 282 g/mol. The number of hydrogen-bond donors (Lipinski definition) is 2. The summed E-state index contributed by atoms with van der Waals surface area (Å²) in [5.41, 5.74) is 0. The van der Waals surface area contributed by atoms with Crippen molar-refractivity contribution in [3.8, 4) is 0 Å². The number of urea groups is 1. The Kier molecular flexibility index (Phi) is 4.89. The van der Waals surface area contributed by atoms with Crippen LogP contribution in [0.4, 0.5) is 4.79 Å². The van der Waals surface area contributed by atoms with Gasteiger partial charge in [-0.05, 0) is 43.9 Å². The van der Waals surface area contributed by atoms with Crippen molar-refractivity contribution < 1.29 is 14.7 Å². The van der Waals surface area contributed by atoms with E-state index in [1.807, 2.05) is 4.90 Å². The molecule has 20 heavy (non-hydrogen) atoms. The Bertz CT molecular complexity index is 362. The number of hydrogen-bond acceptors (Lipinski definition) is 2. The Morgan fingerprint density at radius 2 is 1.90 bits per heavy atom. The molecule has 5 heteroatoms. The maximum absolute atomic E-state index is 12.4. The molecule has 0 spiro atoms. The summed E-state index contributed by atoms with van der Waals surface area (Å²) in [6.45, 7) is 5.08. The van der Waals surface area contributed by atoms with Gasteiger partial charge in [0.1, 0.15) is 0 Å². The molecular weight excluding hydrogens is 256 g/mol. The molecule has 0 heterocycles. The Balaban J connectivity index is 1.87. The second kappa shape index (κ2) is 6.46. The van der Waals surface area contributed by atoms with Crippen LogP contribution in [0.15, 0.2) is 0 Å². The summed E-state index contributed by atoms with van der Waals surface area (Å²) in [6.07, 6.45) is 5.27. The highest BCUT2D eigenvalue weighted by molar-refractivity contribution is 5.76. The van der Waals surface area contributed by atoms with E-state index in [1.54, 1.807) is 0 Å². The molecule has 1 atom stereocenters. The summed E-state index contributed by atoms with van der Waals surface area (Å²) in [6, 6.07) is 0.116. The van der Waals surface area contributed by atoms with Crippen molar-refractivity contribution in [3.63, 3.8) is 0 Å². The van der Waals surface area contributed by atoms with Gasteiger partial charge in [-0.1, -0.05) is 13.8 Å². The molecule has 0 bridgehead atoms. The standard InChI is InChI=1S/C15H26N2O3/c1-10(2)7-8-17(12-5-6-12)15(20)16-13(9-14(18)19)11-3-4-11/h10-13H,3-9H2,1-2H3,(H,16,20)(H,18,19). The van der Waals surface area contributed by atoms with Crippen LogP contribution in [-0.2, 0) is 4.79 Å². The lowest BCUT2D eigenvalue weighted by molar-refractivity contribution is -0.137. The van der Waals surface area contributed by atoms with Crippen LogP contribution >= 0.6 is 0 Å². The van der Waals surface area contributed by atoms with Crippen LogP contribution in [-0.4, -0.2) is 40.6 Å². The lowest BCUT2D eigenvalue weighted by Gasteiger charge is -2.26. The van der Waals surface area contributed by atoms with Gasteiger partial charge >= 0.3 is 12.0 Å². The van der Waals surface area contributed by atoms with Crippen molar-refractivity contribution in [3.05, 3.63) is 0 Å². The van der Waals surface area contributed by atoms with Gasteiger partial charge in [0.05, 0.1) is 6.42 Å². The van der Waals surface area contributed by atoms with E-state index in [9.17, 15) is 9.59 Å². The molecule has 0 aliphatic heterocycles. The normalized spacial score (nSPS) is 19.8. The summed E-state index contributed by atoms with van der Waals surface area (Å²) in [5.74, 6) is 0.103. The number of nitrogens with zero attached hydrogens (tertiary/aromatic N) is 1. The predicted molar refractivity (Wildman–Crippen MR) is 76.5 cm³/mol. The van der Waals surface area contributed by atoms with E-state index >= 15 is 0 Å². The summed E-state index contributed by atoms with van der Waals surface area (Å²) in [7, 11) is 0. The highest BCUT2D eigenvalue weighted by atomic mass is 16.4. The third-order valence-corrected chi connectivity index (χ3v) is 4.09. The molecule has 0 aromatic heterocycles. The van der Waals surface area contributed by atoms with Crippen molar-refractivity contribution in [1.29, 1.82) is 0 Å². The molecule has 5 nitrogen and oxygen atoms in total. The third kappa shape index (κ3) is 4.69. The van der Waals surface area contributed by atoms with Crippen LogP contribution in [0.1, 0.15) is 52.4 Å². The van der Waals surface area contributed by atoms with Gasteiger partial charge in [0.25, 0.3) is 0 Å². The number of nitrogens with one attached hydrogen (secondary N) is 1. The largest absolute Gasteiger partial charge is 0.481 e. The van der Waals surface area contributed by atoms with Crippen molar-refractivity contribution in [2.45, 2.75) is 64.5 Å². The number of amides is 2. The maximum Gasteiger partial charge on any atom is 0.317 e. The van der Waals surface area contributed by atoms with E-state index < -0.39 is 5.97 Å². The molecule has 0 aromatic rings. The minimum atomic E-state index is -0.831. The molecule has 0 saturated heterocycles. The van der Waals surface area contributed by atoms with Crippen LogP contribution in [0, 0.1) is 11.8 Å². The molecule has 2 amide bonds. The van der Waals surface area contributed by atoms with Crippen molar-refractivity contribution in [2.75, 3.05) is 6.54 Å². The average Bonchev–Trinajstić information content (AvgIpc) is 3.21. The first-order valence-electron chi connectivity index (χ1n) is 7.76. The molecule has 2 saturated carbocycles. The van der Waals surface area contributed by atoms with Gasteiger partial charge in [0.2, 0.25) is 0 Å². The molecule has 2 aliphatic carbocycles. The number of aliphatic carboxylic acids is 1. The Morgan fingerprint density at radius 1 is 1.25 bits per heavy atom. The van der Waals surface area contributed by atoms with Crippen molar-refractivity contribution in [1.82, 2.24) is 10.2 Å². The van der Waals surface area contributed by atoms with E-state index in [0.29, 0.717) is 17.9 Å². The zero-order valence-corrected chi connectivity index (χ0v) is 12.5. The first-order valence-corrected chi connectivity index (χ1v) is 7.76. The highest BCUT2D eigenvalue weighted by Crippen LogP contribution is 2.34. The first kappa shape index (κ1) is 15.1. The number of rotatable bonds is 8. The molecule has 2 N–H and O–H groups in total. The SMILES string of the molecule is CC(C)CCN(C(=O)NC(CC(=O)O)C1CC1)C1CC1. The zero-order chi connectivity index (χ0) is 14.7. The smallest absolute Gasteiger partial charge is 0.317 e. The molecule has 2 aliphatic rings. The molecule has 2 fully saturated rings. The van der Waals surface area contributed by atoms with Crippen LogP contribution in [0.25, 0.3) is 0 Å². The predicted octanol–water partition coefficient (Wildman–Crippen LogP) is 2.46. The fraction of sp³-hybridized carbons (Fsp3) is 0.867. The summed E-state index contributed by atoms with van der Waals surface area (Å²) < 4.78 is 0. The summed E-state index contributed by atoms with van der Waals surface area (Å²) in [4.78, 5) is 25.2. The Labute approximate surface area is 120 Å². The van der Waals surface area contributed by atoms with E-state index in [4.69, 9.17) is 5.11 Å². The molecule has 1 unspecified atom stereocenters. The van der Waals surface area contributed by atoms with Crippen LogP contribution in [0.2, 0.25) is 0 Å². The van der Waals surface area contributed by atoms with Gasteiger partial charge in [-0.2, -0.15) is 0 Å². The minimum Gasteiger partial charge on any atom is -0.481 e. The quantitative estimate of drug-likeness (QED) is 0.718. The molecule has 114 valence electrons. The monoisotopic (exact) mass is 282 g/mol. The van der Waals surface area contributed by atoms with Gasteiger partial charge in [0, 0.05) is 18.6 Å². The third-order valence-electron chi connectivity index (χ3n) is 4.09. The fourth-order valence-corrected chi connectivity index (χ4v) is 2.50. The van der Waals surface area contributed by atoms with Gasteiger partial charge in [0.15, 0.2) is 0 Å². The van der Waals surface area contributed by atoms with Crippen LogP contribution in [0.5, 0.6) is 0 Å². The zero-order valence-electron chi connectivity index (χ0n) is 12.5. The van der Waals surface area contributed by atoms with E-state index in [-0.39, 0.29) is 18.5 Å². The Hall–Kier alpha value is -1.26. The first-order chi connectivity index (χ1) is 9.47.